The second-order valence-electron chi connectivity index (χ2n) is 9.74. The van der Waals surface area contributed by atoms with E-state index in [4.69, 9.17) is 25.5 Å². The van der Waals surface area contributed by atoms with E-state index in [2.05, 4.69) is 109 Å². The summed E-state index contributed by atoms with van der Waals surface area (Å²) < 4.78 is 0. The van der Waals surface area contributed by atoms with Crippen molar-refractivity contribution in [2.45, 2.75) is 12.1 Å². The lowest BCUT2D eigenvalue weighted by Gasteiger charge is -2.27. The summed E-state index contributed by atoms with van der Waals surface area (Å²) in [6.45, 7) is 0. The van der Waals surface area contributed by atoms with Gasteiger partial charge in [-0.05, 0) is 65.9 Å². The van der Waals surface area contributed by atoms with Crippen LogP contribution >= 0.6 is 0 Å². The van der Waals surface area contributed by atoms with E-state index in [1.807, 2.05) is 20.2 Å². The largest absolute Gasteiger partial charge is 0.473 e. The molecule has 0 saturated carbocycles. The van der Waals surface area contributed by atoms with Crippen LogP contribution in [0.2, 0.25) is 0 Å². The number of hydrogen-bond acceptors (Lipinski definition) is 6. The molecule has 4 aromatic carbocycles. The molecule has 0 saturated heterocycles. The van der Waals surface area contributed by atoms with Crippen molar-refractivity contribution in [2.24, 2.45) is 0 Å². The molecule has 0 bridgehead atoms. The Morgan fingerprint density at radius 3 is 1.93 bits per heavy atom. The Morgan fingerprint density at radius 2 is 1.35 bits per heavy atom. The first-order chi connectivity index (χ1) is 19.2. The van der Waals surface area contributed by atoms with Gasteiger partial charge in [-0.15, -0.1) is 0 Å². The quantitative estimate of drug-likeness (QED) is 0.174. The van der Waals surface area contributed by atoms with Gasteiger partial charge in [-0.25, -0.2) is 9.59 Å². The zero-order valence-electron chi connectivity index (χ0n) is 23.0. The molecule has 8 nitrogen and oxygen atoms in total. The van der Waals surface area contributed by atoms with Gasteiger partial charge in [-0.2, -0.15) is 0 Å². The predicted octanol–water partition coefficient (Wildman–Crippen LogP) is 5.38. The molecule has 0 fully saturated rings. The Kier molecular flexibility index (Phi) is 8.52. The molecule has 0 spiro atoms. The maximum Gasteiger partial charge on any atom is 0.414 e. The third kappa shape index (κ3) is 5.54. The summed E-state index contributed by atoms with van der Waals surface area (Å²) in [6, 6.07) is 22.0. The second kappa shape index (κ2) is 12.0. The standard InChI is InChI=1S/2C15H16N2.C2H2O4/c1-17(2)14-9-7-11-13(16)8-6-10-4-3-5-12(14)15(10)11;1-16-13-8-6-10-4-3-5-11-14(17-2)9-7-12(13)15(10)11;3-1(4)2(5)6/h3-9,14H,16H2,1-2H3;3-9,14,16-17H,1-2H3;(H,3,4)(H,5,6). The molecular weight excluding hydrogens is 504 g/mol. The second-order valence-corrected chi connectivity index (χ2v) is 9.74. The van der Waals surface area contributed by atoms with E-state index in [0.717, 1.165) is 11.3 Å². The number of likely N-dealkylation sites (N-methyl/N-ethyl adjacent to an activating group) is 2. The number of hydrogen-bond donors (Lipinski definition) is 5. The van der Waals surface area contributed by atoms with Crippen molar-refractivity contribution in [3.05, 3.63) is 95.1 Å². The molecule has 0 amide bonds. The Bertz CT molecular complexity index is 1630. The van der Waals surface area contributed by atoms with Crippen molar-refractivity contribution in [3.8, 4) is 0 Å². The molecule has 0 radical (unpaired) electrons. The monoisotopic (exact) mass is 538 g/mol. The normalized spacial score (nSPS) is 16.1. The minimum absolute atomic E-state index is 0.318. The van der Waals surface area contributed by atoms with Crippen LogP contribution in [0.4, 0.5) is 11.4 Å². The van der Waals surface area contributed by atoms with Crippen molar-refractivity contribution >= 4 is 57.0 Å². The van der Waals surface area contributed by atoms with Gasteiger partial charge in [0.15, 0.2) is 0 Å². The maximum absolute atomic E-state index is 9.10. The molecule has 206 valence electrons. The van der Waals surface area contributed by atoms with E-state index in [-0.39, 0.29) is 0 Å². The van der Waals surface area contributed by atoms with Crippen LogP contribution in [0.15, 0.2) is 72.8 Å². The number of rotatable bonds is 3. The molecule has 0 heterocycles. The zero-order chi connectivity index (χ0) is 29.0. The van der Waals surface area contributed by atoms with Crippen molar-refractivity contribution in [2.75, 3.05) is 39.2 Å². The summed E-state index contributed by atoms with van der Waals surface area (Å²) in [5.74, 6) is -3.65. The van der Waals surface area contributed by atoms with Gasteiger partial charge >= 0.3 is 11.9 Å². The summed E-state index contributed by atoms with van der Waals surface area (Å²) in [5.41, 5.74) is 13.3. The average molecular weight is 539 g/mol. The van der Waals surface area contributed by atoms with Gasteiger partial charge in [0.1, 0.15) is 0 Å². The third-order valence-electron chi connectivity index (χ3n) is 7.14. The lowest BCUT2D eigenvalue weighted by atomic mass is 9.89. The third-order valence-corrected chi connectivity index (χ3v) is 7.14. The van der Waals surface area contributed by atoms with Crippen LogP contribution < -0.4 is 16.4 Å². The van der Waals surface area contributed by atoms with E-state index < -0.39 is 11.9 Å². The molecule has 2 atom stereocenters. The van der Waals surface area contributed by atoms with E-state index in [1.165, 1.54) is 43.9 Å². The molecule has 40 heavy (non-hydrogen) atoms. The smallest absolute Gasteiger partial charge is 0.414 e. The Labute approximate surface area is 233 Å². The summed E-state index contributed by atoms with van der Waals surface area (Å²) in [5, 5.41) is 26.6. The Balaban J connectivity index is 0.000000155. The molecular formula is C32H34N4O4. The number of anilines is 2. The lowest BCUT2D eigenvalue weighted by Crippen LogP contribution is -2.19. The Morgan fingerprint density at radius 1 is 0.775 bits per heavy atom. The van der Waals surface area contributed by atoms with Crippen molar-refractivity contribution in [1.29, 1.82) is 0 Å². The van der Waals surface area contributed by atoms with E-state index in [0.29, 0.717) is 12.1 Å². The molecule has 2 aliphatic carbocycles. The van der Waals surface area contributed by atoms with Crippen LogP contribution in [0.25, 0.3) is 33.7 Å². The van der Waals surface area contributed by atoms with Crippen LogP contribution in [0.1, 0.15) is 34.3 Å². The highest BCUT2D eigenvalue weighted by Gasteiger charge is 2.20. The minimum atomic E-state index is -1.82. The van der Waals surface area contributed by atoms with Crippen molar-refractivity contribution in [3.63, 3.8) is 0 Å². The molecule has 0 aromatic heterocycles. The van der Waals surface area contributed by atoms with Gasteiger partial charge in [0.05, 0.1) is 12.1 Å². The van der Waals surface area contributed by atoms with Crippen LogP contribution in [-0.4, -0.2) is 55.2 Å². The molecule has 2 unspecified atom stereocenters. The molecule has 4 aromatic rings. The number of benzene rings is 4. The fourth-order valence-electron chi connectivity index (χ4n) is 5.25. The molecule has 6 N–H and O–H groups in total. The molecule has 8 heteroatoms. The summed E-state index contributed by atoms with van der Waals surface area (Å²) in [6.07, 6.45) is 8.79. The number of nitrogens with one attached hydrogen (secondary N) is 2. The first-order valence-electron chi connectivity index (χ1n) is 12.9. The van der Waals surface area contributed by atoms with Gasteiger partial charge in [0.2, 0.25) is 0 Å². The van der Waals surface area contributed by atoms with Crippen molar-refractivity contribution < 1.29 is 19.8 Å². The number of nitrogens with zero attached hydrogens (tertiary/aromatic N) is 1. The van der Waals surface area contributed by atoms with Crippen molar-refractivity contribution in [1.82, 2.24) is 10.2 Å². The van der Waals surface area contributed by atoms with E-state index in [9.17, 15) is 0 Å². The summed E-state index contributed by atoms with van der Waals surface area (Å²) in [7, 11) is 8.18. The number of nitrogens with two attached hydrogens (primary N) is 1. The predicted molar refractivity (Wildman–Crippen MR) is 163 cm³/mol. The highest BCUT2D eigenvalue weighted by Crippen LogP contribution is 2.38. The first-order valence-corrected chi connectivity index (χ1v) is 12.9. The SMILES string of the molecule is CN(C)C1C=Cc2c(N)ccc3cccc1c23.CNc1ccc2cccc3c2c1C=CC3NC.O=C(O)C(=O)O. The number of aliphatic carboxylic acids is 2. The number of carbonyl (C=O) groups is 2. The van der Waals surface area contributed by atoms with Gasteiger partial charge in [0, 0.05) is 29.5 Å². The van der Waals surface area contributed by atoms with Crippen LogP contribution in [0.3, 0.4) is 0 Å². The van der Waals surface area contributed by atoms with Gasteiger partial charge in [0.25, 0.3) is 0 Å². The van der Waals surface area contributed by atoms with Gasteiger partial charge < -0.3 is 26.6 Å². The Hall–Kier alpha value is -4.66. The molecule has 2 aliphatic rings. The average Bonchev–Trinajstić information content (AvgIpc) is 2.96. The number of nitrogen functional groups attached to an aromatic ring is 1. The highest BCUT2D eigenvalue weighted by molar-refractivity contribution is 6.27. The van der Waals surface area contributed by atoms with Gasteiger partial charge in [-0.1, -0.05) is 72.8 Å². The van der Waals surface area contributed by atoms with E-state index in [1.54, 1.807) is 0 Å². The fourth-order valence-corrected chi connectivity index (χ4v) is 5.25. The first kappa shape index (κ1) is 28.4. The summed E-state index contributed by atoms with van der Waals surface area (Å²) >= 11 is 0. The fraction of sp³-hybridized carbons (Fsp3) is 0.188. The molecule has 6 rings (SSSR count). The van der Waals surface area contributed by atoms with Crippen LogP contribution in [0, 0.1) is 0 Å². The van der Waals surface area contributed by atoms with Crippen LogP contribution in [-0.2, 0) is 9.59 Å². The van der Waals surface area contributed by atoms with E-state index >= 15 is 0 Å². The topological polar surface area (TPSA) is 128 Å². The lowest BCUT2D eigenvalue weighted by molar-refractivity contribution is -0.159. The maximum atomic E-state index is 9.10. The number of carboxylic acids is 2. The highest BCUT2D eigenvalue weighted by atomic mass is 16.4. The number of carboxylic acid groups (broad SMARTS) is 2. The molecule has 0 aliphatic heterocycles. The van der Waals surface area contributed by atoms with Gasteiger partial charge in [-0.3, -0.25) is 4.90 Å². The van der Waals surface area contributed by atoms with Crippen LogP contribution in [0.5, 0.6) is 0 Å². The zero-order valence-corrected chi connectivity index (χ0v) is 23.0. The minimum Gasteiger partial charge on any atom is -0.473 e. The summed E-state index contributed by atoms with van der Waals surface area (Å²) in [4.78, 5) is 20.4.